The van der Waals surface area contributed by atoms with Crippen molar-refractivity contribution in [3.8, 4) is 5.75 Å². The minimum absolute atomic E-state index is 0.518. The van der Waals surface area contributed by atoms with Gasteiger partial charge in [0, 0.05) is 34.1 Å². The summed E-state index contributed by atoms with van der Waals surface area (Å²) in [7, 11) is 0. The quantitative estimate of drug-likeness (QED) is 0.927. The van der Waals surface area contributed by atoms with E-state index < -0.39 is 0 Å². The molecule has 0 spiro atoms. The second-order valence-corrected chi connectivity index (χ2v) is 5.40. The van der Waals surface area contributed by atoms with Crippen LogP contribution >= 0.6 is 22.9 Å². The van der Waals surface area contributed by atoms with Gasteiger partial charge >= 0.3 is 0 Å². The Morgan fingerprint density at radius 1 is 1.41 bits per heavy atom. The highest BCUT2D eigenvalue weighted by Crippen LogP contribution is 2.23. The third kappa shape index (κ3) is 3.19. The standard InChI is InChI=1S/C12H13ClN2OS/c1-8-9(2-12(4-14)17-8)7-16-11-3-10(13)5-15-6-11/h2-3,5-6H,4,7,14H2,1H3. The van der Waals surface area contributed by atoms with Crippen LogP contribution in [0.5, 0.6) is 5.75 Å². The zero-order chi connectivity index (χ0) is 12.3. The van der Waals surface area contributed by atoms with Crippen LogP contribution in [0.4, 0.5) is 0 Å². The molecule has 0 aliphatic carbocycles. The molecule has 0 radical (unpaired) electrons. The van der Waals surface area contributed by atoms with Gasteiger partial charge in [0.25, 0.3) is 0 Å². The molecule has 0 amide bonds. The first-order valence-corrected chi connectivity index (χ1v) is 6.40. The van der Waals surface area contributed by atoms with Crippen molar-refractivity contribution in [1.29, 1.82) is 0 Å². The summed E-state index contributed by atoms with van der Waals surface area (Å²) >= 11 is 7.53. The molecule has 2 aromatic heterocycles. The van der Waals surface area contributed by atoms with Gasteiger partial charge in [-0.05, 0) is 13.0 Å². The molecular weight excluding hydrogens is 256 g/mol. The van der Waals surface area contributed by atoms with Crippen molar-refractivity contribution in [3.05, 3.63) is 44.9 Å². The Hall–Kier alpha value is -1.10. The van der Waals surface area contributed by atoms with Crippen LogP contribution in [0.2, 0.25) is 5.02 Å². The fourth-order valence-corrected chi connectivity index (χ4v) is 2.55. The van der Waals surface area contributed by atoms with Gasteiger partial charge in [-0.15, -0.1) is 11.3 Å². The number of thiophene rings is 1. The fraction of sp³-hybridized carbons (Fsp3) is 0.250. The van der Waals surface area contributed by atoms with Gasteiger partial charge in [0.1, 0.15) is 12.4 Å². The molecule has 2 aromatic rings. The molecular formula is C12H13ClN2OS. The SMILES string of the molecule is Cc1sc(CN)cc1COc1cncc(Cl)c1. The number of hydrogen-bond donors (Lipinski definition) is 1. The largest absolute Gasteiger partial charge is 0.487 e. The third-order valence-corrected chi connectivity index (χ3v) is 3.67. The zero-order valence-corrected chi connectivity index (χ0v) is 11.0. The second-order valence-electron chi connectivity index (χ2n) is 3.63. The van der Waals surface area contributed by atoms with Gasteiger partial charge in [-0.1, -0.05) is 11.6 Å². The molecule has 0 aliphatic rings. The average Bonchev–Trinajstić information content (AvgIpc) is 2.68. The molecule has 2 N–H and O–H groups in total. The Kier molecular flexibility index (Phi) is 3.99. The maximum atomic E-state index is 5.83. The van der Waals surface area contributed by atoms with Crippen molar-refractivity contribution in [3.63, 3.8) is 0 Å². The van der Waals surface area contributed by atoms with E-state index in [1.807, 2.05) is 0 Å². The smallest absolute Gasteiger partial charge is 0.139 e. The third-order valence-electron chi connectivity index (χ3n) is 2.35. The van der Waals surface area contributed by atoms with Crippen molar-refractivity contribution in [2.45, 2.75) is 20.1 Å². The highest BCUT2D eigenvalue weighted by molar-refractivity contribution is 7.12. The van der Waals surface area contributed by atoms with Crippen molar-refractivity contribution < 1.29 is 4.74 Å². The average molecular weight is 269 g/mol. The molecule has 0 fully saturated rings. The molecule has 2 rings (SSSR count). The molecule has 0 unspecified atom stereocenters. The summed E-state index contributed by atoms with van der Waals surface area (Å²) < 4.78 is 5.63. The summed E-state index contributed by atoms with van der Waals surface area (Å²) in [4.78, 5) is 6.37. The van der Waals surface area contributed by atoms with Crippen LogP contribution in [0.1, 0.15) is 15.3 Å². The lowest BCUT2D eigenvalue weighted by molar-refractivity contribution is 0.305. The van der Waals surface area contributed by atoms with Crippen LogP contribution in [0.3, 0.4) is 0 Å². The van der Waals surface area contributed by atoms with Gasteiger partial charge in [0.05, 0.1) is 11.2 Å². The maximum Gasteiger partial charge on any atom is 0.139 e. The first kappa shape index (κ1) is 12.4. The van der Waals surface area contributed by atoms with Crippen LogP contribution in [0, 0.1) is 6.92 Å². The van der Waals surface area contributed by atoms with Gasteiger partial charge in [-0.3, -0.25) is 4.98 Å². The fourth-order valence-electron chi connectivity index (χ4n) is 1.46. The Bertz CT molecular complexity index is 513. The monoisotopic (exact) mass is 268 g/mol. The molecule has 90 valence electrons. The summed E-state index contributed by atoms with van der Waals surface area (Å²) in [5, 5.41) is 0.576. The van der Waals surface area contributed by atoms with Gasteiger partial charge < -0.3 is 10.5 Å². The summed E-state index contributed by atoms with van der Waals surface area (Å²) in [5.41, 5.74) is 6.76. The van der Waals surface area contributed by atoms with Crippen LogP contribution in [-0.2, 0) is 13.2 Å². The molecule has 0 saturated carbocycles. The predicted molar refractivity (Wildman–Crippen MR) is 70.5 cm³/mol. The topological polar surface area (TPSA) is 48.1 Å². The maximum absolute atomic E-state index is 5.83. The number of nitrogens with zero attached hydrogens (tertiary/aromatic N) is 1. The molecule has 5 heteroatoms. The van der Waals surface area contributed by atoms with E-state index in [4.69, 9.17) is 22.1 Å². The first-order chi connectivity index (χ1) is 8.19. The number of aryl methyl sites for hydroxylation is 1. The van der Waals surface area contributed by atoms with E-state index in [0.29, 0.717) is 23.9 Å². The predicted octanol–water partition coefficient (Wildman–Crippen LogP) is 3.14. The van der Waals surface area contributed by atoms with E-state index in [1.54, 1.807) is 29.8 Å². The number of nitrogens with two attached hydrogens (primary N) is 1. The van der Waals surface area contributed by atoms with E-state index >= 15 is 0 Å². The van der Waals surface area contributed by atoms with Crippen molar-refractivity contribution in [2.75, 3.05) is 0 Å². The molecule has 0 saturated heterocycles. The number of hydrogen-bond acceptors (Lipinski definition) is 4. The lowest BCUT2D eigenvalue weighted by Crippen LogP contribution is -1.96. The number of halogens is 1. The highest BCUT2D eigenvalue weighted by atomic mass is 35.5. The first-order valence-electron chi connectivity index (χ1n) is 5.20. The minimum Gasteiger partial charge on any atom is -0.487 e. The Morgan fingerprint density at radius 2 is 2.24 bits per heavy atom. The van der Waals surface area contributed by atoms with Gasteiger partial charge in [0.15, 0.2) is 0 Å². The molecule has 17 heavy (non-hydrogen) atoms. The van der Waals surface area contributed by atoms with Gasteiger partial charge in [-0.25, -0.2) is 0 Å². The van der Waals surface area contributed by atoms with Crippen LogP contribution in [0.25, 0.3) is 0 Å². The summed E-state index contributed by atoms with van der Waals surface area (Å²) in [5.74, 6) is 0.678. The normalized spacial score (nSPS) is 10.5. The number of pyridine rings is 1. The van der Waals surface area contributed by atoms with E-state index in [2.05, 4.69) is 18.0 Å². The molecule has 0 bridgehead atoms. The van der Waals surface area contributed by atoms with Crippen LogP contribution in [0.15, 0.2) is 24.5 Å². The lowest BCUT2D eigenvalue weighted by Gasteiger charge is -2.05. The van der Waals surface area contributed by atoms with E-state index in [0.717, 1.165) is 5.56 Å². The molecule has 2 heterocycles. The van der Waals surface area contributed by atoms with Crippen LogP contribution in [-0.4, -0.2) is 4.98 Å². The van der Waals surface area contributed by atoms with Gasteiger partial charge in [0.2, 0.25) is 0 Å². The summed E-state index contributed by atoms with van der Waals surface area (Å²) in [6.07, 6.45) is 3.23. The number of ether oxygens (including phenoxy) is 1. The second kappa shape index (κ2) is 5.49. The highest BCUT2D eigenvalue weighted by Gasteiger charge is 2.05. The van der Waals surface area contributed by atoms with E-state index in [-0.39, 0.29) is 0 Å². The Morgan fingerprint density at radius 3 is 2.88 bits per heavy atom. The number of aromatic nitrogens is 1. The van der Waals surface area contributed by atoms with Gasteiger partial charge in [-0.2, -0.15) is 0 Å². The van der Waals surface area contributed by atoms with Crippen molar-refractivity contribution in [1.82, 2.24) is 4.98 Å². The Labute approximate surface area is 109 Å². The lowest BCUT2D eigenvalue weighted by atomic mass is 10.2. The van der Waals surface area contributed by atoms with E-state index in [9.17, 15) is 0 Å². The zero-order valence-electron chi connectivity index (χ0n) is 9.44. The molecule has 3 nitrogen and oxygen atoms in total. The summed E-state index contributed by atoms with van der Waals surface area (Å²) in [6.45, 7) is 3.16. The van der Waals surface area contributed by atoms with Crippen LogP contribution < -0.4 is 10.5 Å². The number of rotatable bonds is 4. The van der Waals surface area contributed by atoms with E-state index in [1.165, 1.54) is 9.75 Å². The molecule has 0 atom stereocenters. The molecule has 0 aromatic carbocycles. The van der Waals surface area contributed by atoms with Crippen molar-refractivity contribution >= 4 is 22.9 Å². The minimum atomic E-state index is 0.518. The molecule has 0 aliphatic heterocycles. The summed E-state index contributed by atoms with van der Waals surface area (Å²) in [6, 6.07) is 3.83. The Balaban J connectivity index is 2.04. The van der Waals surface area contributed by atoms with Crippen molar-refractivity contribution in [2.24, 2.45) is 5.73 Å².